The van der Waals surface area contributed by atoms with Gasteiger partial charge < -0.3 is 9.52 Å². The van der Waals surface area contributed by atoms with Gasteiger partial charge in [0.25, 0.3) is 5.69 Å². The summed E-state index contributed by atoms with van der Waals surface area (Å²) in [6, 6.07) is 12.3. The first kappa shape index (κ1) is 15.4. The molecule has 0 spiro atoms. The molecule has 0 aliphatic heterocycles. The van der Waals surface area contributed by atoms with Gasteiger partial charge in [0.1, 0.15) is 16.9 Å². The molecular weight excluding hydrogens is 312 g/mol. The number of hydrogen-bond acceptors (Lipinski definition) is 6. The van der Waals surface area contributed by atoms with Gasteiger partial charge in [-0.15, -0.1) is 0 Å². The summed E-state index contributed by atoms with van der Waals surface area (Å²) in [5.41, 5.74) is -0.134. The maximum atomic E-state index is 12.1. The Morgan fingerprint density at radius 1 is 1.21 bits per heavy atom. The highest BCUT2D eigenvalue weighted by Gasteiger charge is 2.16. The van der Waals surface area contributed by atoms with Crippen molar-refractivity contribution in [2.24, 2.45) is 4.99 Å². The Balaban J connectivity index is 2.15. The number of aromatic hydroxyl groups is 1. The fraction of sp³-hybridized carbons (Fsp3) is 0.0588. The lowest BCUT2D eigenvalue weighted by Gasteiger charge is -2.06. The summed E-state index contributed by atoms with van der Waals surface area (Å²) in [7, 11) is 0. The minimum atomic E-state index is -0.724. The summed E-state index contributed by atoms with van der Waals surface area (Å²) in [6.45, 7) is 1.53. The van der Waals surface area contributed by atoms with Gasteiger partial charge in [0.15, 0.2) is 0 Å². The second-order valence-corrected chi connectivity index (χ2v) is 5.08. The first-order chi connectivity index (χ1) is 11.5. The van der Waals surface area contributed by atoms with Crippen molar-refractivity contribution in [2.45, 2.75) is 6.92 Å². The van der Waals surface area contributed by atoms with Gasteiger partial charge in [0.05, 0.1) is 21.7 Å². The quantitative estimate of drug-likeness (QED) is 0.343. The monoisotopic (exact) mass is 324 g/mol. The van der Waals surface area contributed by atoms with E-state index in [1.807, 2.05) is 0 Å². The zero-order valence-corrected chi connectivity index (χ0v) is 12.6. The van der Waals surface area contributed by atoms with Crippen molar-refractivity contribution in [3.05, 3.63) is 74.6 Å². The molecule has 0 aliphatic carbocycles. The molecule has 24 heavy (non-hydrogen) atoms. The lowest BCUT2D eigenvalue weighted by Crippen LogP contribution is -2.12. The van der Waals surface area contributed by atoms with E-state index in [0.29, 0.717) is 11.1 Å². The number of rotatable bonds is 3. The molecule has 1 aromatic heterocycles. The molecule has 7 heteroatoms. The average molecular weight is 324 g/mol. The molecule has 3 aromatic rings. The van der Waals surface area contributed by atoms with Crippen LogP contribution in [0.5, 0.6) is 5.75 Å². The van der Waals surface area contributed by atoms with Crippen LogP contribution in [0.15, 0.2) is 62.7 Å². The van der Waals surface area contributed by atoms with E-state index < -0.39 is 10.5 Å². The van der Waals surface area contributed by atoms with Crippen LogP contribution < -0.4 is 5.63 Å². The number of nitrogens with zero attached hydrogens (tertiary/aromatic N) is 2. The molecule has 0 aliphatic rings. The first-order valence-electron chi connectivity index (χ1n) is 7.02. The molecule has 1 heterocycles. The van der Waals surface area contributed by atoms with Crippen molar-refractivity contribution in [3.63, 3.8) is 0 Å². The Bertz CT molecular complexity index is 1040. The van der Waals surface area contributed by atoms with Crippen LogP contribution in [0.2, 0.25) is 0 Å². The fourth-order valence-corrected chi connectivity index (χ4v) is 2.38. The number of aliphatic imine (C=N–C) groups is 1. The molecular formula is C17H12N2O5. The predicted octanol–water partition coefficient (Wildman–Crippen LogP) is 3.55. The largest absolute Gasteiger partial charge is 0.506 e. The summed E-state index contributed by atoms with van der Waals surface area (Å²) in [5, 5.41) is 21.6. The van der Waals surface area contributed by atoms with Gasteiger partial charge in [-0.2, -0.15) is 0 Å². The maximum Gasteiger partial charge on any atom is 0.349 e. The van der Waals surface area contributed by atoms with Crippen LogP contribution in [-0.2, 0) is 0 Å². The van der Waals surface area contributed by atoms with E-state index in [0.717, 1.165) is 0 Å². The zero-order valence-electron chi connectivity index (χ0n) is 12.6. The standard InChI is InChI=1S/C17H12N2O5/c1-10(18-11-5-4-6-12(9-11)19(22)23)15-16(20)13-7-2-3-8-14(13)24-17(15)21/h2-9,20H,1H3. The zero-order chi connectivity index (χ0) is 17.3. The molecule has 0 bridgehead atoms. The second-order valence-electron chi connectivity index (χ2n) is 5.08. The third-order valence-corrected chi connectivity index (χ3v) is 3.48. The number of fused-ring (bicyclic) bond motifs is 1. The molecule has 0 unspecified atom stereocenters. The molecule has 0 atom stereocenters. The van der Waals surface area contributed by atoms with Gasteiger partial charge in [-0.25, -0.2) is 4.79 Å². The van der Waals surface area contributed by atoms with Crippen LogP contribution in [-0.4, -0.2) is 15.7 Å². The van der Waals surface area contributed by atoms with E-state index >= 15 is 0 Å². The molecule has 0 radical (unpaired) electrons. The number of hydrogen-bond donors (Lipinski definition) is 1. The van der Waals surface area contributed by atoms with Crippen molar-refractivity contribution in [1.29, 1.82) is 0 Å². The SMILES string of the molecule is CC(=Nc1cccc([N+](=O)[O-])c1)c1c(O)c2ccccc2oc1=O. The molecule has 0 fully saturated rings. The van der Waals surface area contributed by atoms with Crippen LogP contribution in [0.25, 0.3) is 11.0 Å². The summed E-state index contributed by atoms with van der Waals surface area (Å²) in [6.07, 6.45) is 0. The number of benzene rings is 2. The molecule has 2 aromatic carbocycles. The first-order valence-corrected chi connectivity index (χ1v) is 7.02. The fourth-order valence-electron chi connectivity index (χ4n) is 2.38. The van der Waals surface area contributed by atoms with Gasteiger partial charge in [-0.05, 0) is 25.1 Å². The van der Waals surface area contributed by atoms with Crippen LogP contribution in [0, 0.1) is 10.1 Å². The number of non-ortho nitro benzene ring substituents is 1. The molecule has 0 saturated carbocycles. The average Bonchev–Trinajstić information content (AvgIpc) is 2.55. The third-order valence-electron chi connectivity index (χ3n) is 3.48. The molecule has 3 rings (SSSR count). The molecule has 120 valence electrons. The minimum Gasteiger partial charge on any atom is -0.506 e. The Kier molecular flexibility index (Phi) is 3.83. The van der Waals surface area contributed by atoms with Crippen LogP contribution in [0.1, 0.15) is 12.5 Å². The topological polar surface area (TPSA) is 106 Å². The Morgan fingerprint density at radius 3 is 2.71 bits per heavy atom. The normalized spacial score (nSPS) is 11.6. The summed E-state index contributed by atoms with van der Waals surface area (Å²) < 4.78 is 5.19. The Hall–Kier alpha value is -3.48. The summed E-state index contributed by atoms with van der Waals surface area (Å²) >= 11 is 0. The van der Waals surface area contributed by atoms with E-state index in [9.17, 15) is 20.0 Å². The number of nitro benzene ring substituents is 1. The van der Waals surface area contributed by atoms with E-state index in [1.54, 1.807) is 30.3 Å². The Morgan fingerprint density at radius 2 is 1.96 bits per heavy atom. The van der Waals surface area contributed by atoms with Crippen molar-refractivity contribution < 1.29 is 14.4 Å². The number of nitro groups is 1. The number of para-hydroxylation sites is 1. The van der Waals surface area contributed by atoms with Crippen LogP contribution in [0.4, 0.5) is 11.4 Å². The summed E-state index contributed by atoms with van der Waals surface area (Å²) in [4.78, 5) is 26.6. The van der Waals surface area contributed by atoms with Gasteiger partial charge >= 0.3 is 5.63 Å². The van der Waals surface area contributed by atoms with E-state index in [-0.39, 0.29) is 28.3 Å². The maximum absolute atomic E-state index is 12.1. The Labute approximate surface area is 135 Å². The molecule has 1 N–H and O–H groups in total. The van der Waals surface area contributed by atoms with Crippen molar-refractivity contribution in [3.8, 4) is 5.75 Å². The smallest absolute Gasteiger partial charge is 0.349 e. The molecule has 0 saturated heterocycles. The van der Waals surface area contributed by atoms with Crippen molar-refractivity contribution in [2.75, 3.05) is 0 Å². The highest BCUT2D eigenvalue weighted by Crippen LogP contribution is 2.27. The molecule has 0 amide bonds. The molecule has 7 nitrogen and oxygen atoms in total. The van der Waals surface area contributed by atoms with Gasteiger partial charge in [0, 0.05) is 12.1 Å². The van der Waals surface area contributed by atoms with Crippen molar-refractivity contribution >= 4 is 28.1 Å². The lowest BCUT2D eigenvalue weighted by molar-refractivity contribution is -0.384. The van der Waals surface area contributed by atoms with Crippen LogP contribution in [0.3, 0.4) is 0 Å². The summed E-state index contributed by atoms with van der Waals surface area (Å²) in [5.74, 6) is -0.228. The van der Waals surface area contributed by atoms with Gasteiger partial charge in [-0.1, -0.05) is 18.2 Å². The minimum absolute atomic E-state index is 0.0693. The van der Waals surface area contributed by atoms with E-state index in [1.165, 1.54) is 25.1 Å². The van der Waals surface area contributed by atoms with Crippen molar-refractivity contribution in [1.82, 2.24) is 0 Å². The van der Waals surface area contributed by atoms with E-state index in [2.05, 4.69) is 4.99 Å². The van der Waals surface area contributed by atoms with Gasteiger partial charge in [-0.3, -0.25) is 15.1 Å². The highest BCUT2D eigenvalue weighted by molar-refractivity contribution is 6.05. The third kappa shape index (κ3) is 2.74. The predicted molar refractivity (Wildman–Crippen MR) is 89.1 cm³/mol. The lowest BCUT2D eigenvalue weighted by atomic mass is 10.1. The van der Waals surface area contributed by atoms with Gasteiger partial charge in [0.2, 0.25) is 0 Å². The highest BCUT2D eigenvalue weighted by atomic mass is 16.6. The van der Waals surface area contributed by atoms with Crippen LogP contribution >= 0.6 is 0 Å². The van der Waals surface area contributed by atoms with E-state index in [4.69, 9.17) is 4.42 Å². The second kappa shape index (κ2) is 5.96.